The topological polar surface area (TPSA) is 49.7 Å². The first-order valence-corrected chi connectivity index (χ1v) is 5.05. The highest BCUT2D eigenvalue weighted by atomic mass is 16.5. The average molecular weight is 208 g/mol. The van der Waals surface area contributed by atoms with Gasteiger partial charge in [0.15, 0.2) is 0 Å². The van der Waals surface area contributed by atoms with Crippen LogP contribution < -0.4 is 10.2 Å². The molecule has 82 valence electrons. The highest BCUT2D eigenvalue weighted by Crippen LogP contribution is 2.22. The SMILES string of the molecule is Cc1cc(B(O)O)cc(C)c1OC(C)C. The van der Waals surface area contributed by atoms with Gasteiger partial charge < -0.3 is 14.8 Å². The Hall–Kier alpha value is -0.995. The van der Waals surface area contributed by atoms with E-state index in [-0.39, 0.29) is 6.10 Å². The molecule has 0 aliphatic carbocycles. The van der Waals surface area contributed by atoms with Gasteiger partial charge in [-0.2, -0.15) is 0 Å². The zero-order valence-electron chi connectivity index (χ0n) is 9.61. The lowest BCUT2D eigenvalue weighted by atomic mass is 9.78. The van der Waals surface area contributed by atoms with Crippen LogP contribution in [0.15, 0.2) is 12.1 Å². The van der Waals surface area contributed by atoms with E-state index < -0.39 is 7.12 Å². The Morgan fingerprint density at radius 2 is 1.60 bits per heavy atom. The molecule has 0 unspecified atom stereocenters. The maximum atomic E-state index is 9.06. The van der Waals surface area contributed by atoms with Gasteiger partial charge in [0.25, 0.3) is 0 Å². The summed E-state index contributed by atoms with van der Waals surface area (Å²) in [4.78, 5) is 0. The standard InChI is InChI=1S/C11H17BO3/c1-7(2)15-11-8(3)5-10(12(13)14)6-9(11)4/h5-7,13-14H,1-4H3. The predicted molar refractivity (Wildman–Crippen MR) is 61.5 cm³/mol. The van der Waals surface area contributed by atoms with Crippen LogP contribution in [0.5, 0.6) is 5.75 Å². The minimum Gasteiger partial charge on any atom is -0.490 e. The first kappa shape index (κ1) is 12.1. The number of hydrogen-bond donors (Lipinski definition) is 2. The van der Waals surface area contributed by atoms with Crippen molar-refractivity contribution in [1.82, 2.24) is 0 Å². The van der Waals surface area contributed by atoms with Crippen LogP contribution in [0.1, 0.15) is 25.0 Å². The van der Waals surface area contributed by atoms with Crippen molar-refractivity contribution in [2.45, 2.75) is 33.8 Å². The van der Waals surface area contributed by atoms with Crippen LogP contribution in [-0.2, 0) is 0 Å². The smallest absolute Gasteiger partial charge is 0.488 e. The maximum Gasteiger partial charge on any atom is 0.488 e. The molecule has 0 aliphatic heterocycles. The van der Waals surface area contributed by atoms with Crippen molar-refractivity contribution in [2.75, 3.05) is 0 Å². The van der Waals surface area contributed by atoms with Gasteiger partial charge in [0.05, 0.1) is 6.10 Å². The van der Waals surface area contributed by atoms with Crippen LogP contribution in [0.4, 0.5) is 0 Å². The Labute approximate surface area is 90.9 Å². The lowest BCUT2D eigenvalue weighted by molar-refractivity contribution is 0.239. The summed E-state index contributed by atoms with van der Waals surface area (Å²) in [7, 11) is -1.42. The lowest BCUT2D eigenvalue weighted by Gasteiger charge is -2.16. The van der Waals surface area contributed by atoms with Crippen molar-refractivity contribution in [3.63, 3.8) is 0 Å². The Kier molecular flexibility index (Phi) is 3.77. The molecule has 0 heterocycles. The first-order chi connectivity index (χ1) is 6.91. The molecule has 1 aromatic carbocycles. The molecule has 4 heteroatoms. The third-order valence-corrected chi connectivity index (χ3v) is 2.13. The molecule has 0 aromatic heterocycles. The molecule has 0 fully saturated rings. The number of hydrogen-bond acceptors (Lipinski definition) is 3. The summed E-state index contributed by atoms with van der Waals surface area (Å²) in [6.07, 6.45) is 0.118. The van der Waals surface area contributed by atoms with E-state index in [2.05, 4.69) is 0 Å². The largest absolute Gasteiger partial charge is 0.490 e. The van der Waals surface area contributed by atoms with Crippen LogP contribution in [-0.4, -0.2) is 23.3 Å². The first-order valence-electron chi connectivity index (χ1n) is 5.05. The molecule has 1 aromatic rings. The molecular weight excluding hydrogens is 191 g/mol. The average Bonchev–Trinajstić information content (AvgIpc) is 2.10. The van der Waals surface area contributed by atoms with E-state index >= 15 is 0 Å². The van der Waals surface area contributed by atoms with E-state index in [1.807, 2.05) is 27.7 Å². The van der Waals surface area contributed by atoms with E-state index in [0.29, 0.717) is 5.46 Å². The molecule has 0 atom stereocenters. The Balaban J connectivity index is 3.10. The third-order valence-electron chi connectivity index (χ3n) is 2.13. The Bertz CT molecular complexity index is 325. The number of benzene rings is 1. The second-order valence-corrected chi connectivity index (χ2v) is 4.02. The molecule has 0 aliphatic rings. The van der Waals surface area contributed by atoms with Crippen molar-refractivity contribution in [3.8, 4) is 5.75 Å². The molecule has 0 saturated heterocycles. The molecule has 0 saturated carbocycles. The van der Waals surface area contributed by atoms with Crippen molar-refractivity contribution < 1.29 is 14.8 Å². The van der Waals surface area contributed by atoms with E-state index in [0.717, 1.165) is 16.9 Å². The second kappa shape index (κ2) is 4.68. The fraction of sp³-hybridized carbons (Fsp3) is 0.455. The van der Waals surface area contributed by atoms with Gasteiger partial charge in [-0.15, -0.1) is 0 Å². The van der Waals surface area contributed by atoms with Crippen molar-refractivity contribution in [2.24, 2.45) is 0 Å². The molecule has 15 heavy (non-hydrogen) atoms. The summed E-state index contributed by atoms with van der Waals surface area (Å²) < 4.78 is 5.65. The third kappa shape index (κ3) is 2.98. The van der Waals surface area contributed by atoms with Crippen molar-refractivity contribution in [1.29, 1.82) is 0 Å². The van der Waals surface area contributed by atoms with Crippen LogP contribution in [0, 0.1) is 13.8 Å². The molecular formula is C11H17BO3. The molecule has 1 rings (SSSR count). The van der Waals surface area contributed by atoms with Gasteiger partial charge in [-0.1, -0.05) is 12.1 Å². The van der Waals surface area contributed by atoms with Crippen LogP contribution >= 0.6 is 0 Å². The van der Waals surface area contributed by atoms with Gasteiger partial charge in [0.2, 0.25) is 0 Å². The second-order valence-electron chi connectivity index (χ2n) is 4.02. The summed E-state index contributed by atoms with van der Waals surface area (Å²) in [5, 5.41) is 18.1. The predicted octanol–water partition coefficient (Wildman–Crippen LogP) is 0.770. The highest BCUT2D eigenvalue weighted by molar-refractivity contribution is 6.58. The number of aryl methyl sites for hydroxylation is 2. The molecule has 2 N–H and O–H groups in total. The van der Waals surface area contributed by atoms with E-state index in [4.69, 9.17) is 14.8 Å². The van der Waals surface area contributed by atoms with Gasteiger partial charge in [-0.25, -0.2) is 0 Å². The molecule has 3 nitrogen and oxygen atoms in total. The normalized spacial score (nSPS) is 10.6. The molecule has 0 spiro atoms. The van der Waals surface area contributed by atoms with E-state index in [9.17, 15) is 0 Å². The quantitative estimate of drug-likeness (QED) is 0.721. The summed E-state index contributed by atoms with van der Waals surface area (Å²) >= 11 is 0. The van der Waals surface area contributed by atoms with E-state index in [1.165, 1.54) is 0 Å². The maximum absolute atomic E-state index is 9.06. The zero-order chi connectivity index (χ0) is 11.6. The van der Waals surface area contributed by atoms with E-state index in [1.54, 1.807) is 12.1 Å². The van der Waals surface area contributed by atoms with Gasteiger partial charge >= 0.3 is 7.12 Å². The summed E-state index contributed by atoms with van der Waals surface area (Å²) in [5.74, 6) is 0.828. The monoisotopic (exact) mass is 208 g/mol. The summed E-state index contributed by atoms with van der Waals surface area (Å²) in [6, 6.07) is 3.46. The van der Waals surface area contributed by atoms with Gasteiger partial charge in [0, 0.05) is 0 Å². The summed E-state index contributed by atoms with van der Waals surface area (Å²) in [5.41, 5.74) is 2.35. The van der Waals surface area contributed by atoms with Crippen molar-refractivity contribution in [3.05, 3.63) is 23.3 Å². The number of rotatable bonds is 3. The van der Waals surface area contributed by atoms with Crippen LogP contribution in [0.25, 0.3) is 0 Å². The number of ether oxygens (including phenoxy) is 1. The van der Waals surface area contributed by atoms with Gasteiger partial charge in [0.1, 0.15) is 5.75 Å². The zero-order valence-corrected chi connectivity index (χ0v) is 9.61. The fourth-order valence-electron chi connectivity index (χ4n) is 1.55. The van der Waals surface area contributed by atoms with Crippen LogP contribution in [0.3, 0.4) is 0 Å². The Morgan fingerprint density at radius 1 is 1.13 bits per heavy atom. The lowest BCUT2D eigenvalue weighted by Crippen LogP contribution is -2.30. The molecule has 0 amide bonds. The van der Waals surface area contributed by atoms with Gasteiger partial charge in [-0.3, -0.25) is 0 Å². The van der Waals surface area contributed by atoms with Crippen LogP contribution in [0.2, 0.25) is 0 Å². The minimum atomic E-state index is -1.42. The van der Waals surface area contributed by atoms with Crippen molar-refractivity contribution >= 4 is 12.6 Å². The molecule has 0 radical (unpaired) electrons. The van der Waals surface area contributed by atoms with Gasteiger partial charge in [-0.05, 0) is 44.3 Å². The Morgan fingerprint density at radius 3 is 1.93 bits per heavy atom. The summed E-state index contributed by atoms with van der Waals surface area (Å²) in [6.45, 7) is 7.73. The minimum absolute atomic E-state index is 0.118. The fourth-order valence-corrected chi connectivity index (χ4v) is 1.55. The molecule has 0 bridgehead atoms. The highest BCUT2D eigenvalue weighted by Gasteiger charge is 2.15.